The molecule has 1 aromatic carbocycles. The van der Waals surface area contributed by atoms with E-state index in [-0.39, 0.29) is 17.0 Å². The van der Waals surface area contributed by atoms with Gasteiger partial charge in [-0.2, -0.15) is 0 Å². The second kappa shape index (κ2) is 5.28. The molecule has 0 bridgehead atoms. The minimum Gasteiger partial charge on any atom is -0.408 e. The van der Waals surface area contributed by atoms with Gasteiger partial charge < -0.3 is 9.52 Å². The van der Waals surface area contributed by atoms with E-state index in [1.54, 1.807) is 20.9 Å². The Morgan fingerprint density at radius 3 is 2.71 bits per heavy atom. The Balaban J connectivity index is 2.34. The minimum atomic E-state index is -3.78. The number of rotatable bonds is 5. The third-order valence-electron chi connectivity index (χ3n) is 3.48. The Morgan fingerprint density at radius 2 is 2.10 bits per heavy atom. The van der Waals surface area contributed by atoms with Crippen LogP contribution in [0.2, 0.25) is 0 Å². The average molecular weight is 314 g/mol. The number of benzene rings is 1. The van der Waals surface area contributed by atoms with Gasteiger partial charge in [0.05, 0.1) is 16.0 Å². The monoisotopic (exact) mass is 314 g/mol. The highest BCUT2D eigenvalue weighted by Gasteiger charge is 2.23. The summed E-state index contributed by atoms with van der Waals surface area (Å²) in [6.45, 7) is 3.22. The summed E-state index contributed by atoms with van der Waals surface area (Å²) in [5.41, 5.74) is -0.400. The molecule has 21 heavy (non-hydrogen) atoms. The predicted molar refractivity (Wildman–Crippen MR) is 77.6 cm³/mol. The van der Waals surface area contributed by atoms with Crippen molar-refractivity contribution in [2.24, 2.45) is 7.05 Å². The van der Waals surface area contributed by atoms with Gasteiger partial charge in [0.15, 0.2) is 5.58 Å². The van der Waals surface area contributed by atoms with Gasteiger partial charge in [0.2, 0.25) is 10.0 Å². The molecule has 0 saturated carbocycles. The summed E-state index contributed by atoms with van der Waals surface area (Å²) < 4.78 is 33.0. The SMILES string of the molecule is CCC(C)(O)CNS(=O)(=O)c1ccc2c(c1)oc(=O)n2C. The number of oxazole rings is 1. The van der Waals surface area contributed by atoms with Crippen LogP contribution in [0.5, 0.6) is 0 Å². The van der Waals surface area contributed by atoms with Gasteiger partial charge in [-0.15, -0.1) is 0 Å². The maximum atomic E-state index is 12.2. The van der Waals surface area contributed by atoms with E-state index in [0.717, 1.165) is 0 Å². The Morgan fingerprint density at radius 1 is 1.43 bits per heavy atom. The normalized spacial score (nSPS) is 15.2. The summed E-state index contributed by atoms with van der Waals surface area (Å²) >= 11 is 0. The molecule has 1 atom stereocenters. The third-order valence-corrected chi connectivity index (χ3v) is 4.88. The highest BCUT2D eigenvalue weighted by Crippen LogP contribution is 2.18. The molecule has 7 nitrogen and oxygen atoms in total. The van der Waals surface area contributed by atoms with Crippen molar-refractivity contribution in [3.8, 4) is 0 Å². The number of aryl methyl sites for hydroxylation is 1. The smallest absolute Gasteiger partial charge is 0.408 e. The van der Waals surface area contributed by atoms with Crippen molar-refractivity contribution in [3.63, 3.8) is 0 Å². The summed E-state index contributed by atoms with van der Waals surface area (Å²) in [5.74, 6) is -0.554. The first-order chi connectivity index (χ1) is 9.66. The number of hydrogen-bond acceptors (Lipinski definition) is 5. The molecule has 0 fully saturated rings. The molecule has 1 unspecified atom stereocenters. The fourth-order valence-corrected chi connectivity index (χ4v) is 2.92. The van der Waals surface area contributed by atoms with Gasteiger partial charge in [0.25, 0.3) is 0 Å². The fourth-order valence-electron chi connectivity index (χ4n) is 1.74. The number of aromatic nitrogens is 1. The summed E-state index contributed by atoms with van der Waals surface area (Å²) in [6, 6.07) is 4.19. The van der Waals surface area contributed by atoms with Gasteiger partial charge in [-0.1, -0.05) is 6.92 Å². The maximum Gasteiger partial charge on any atom is 0.419 e. The zero-order valence-corrected chi connectivity index (χ0v) is 12.9. The minimum absolute atomic E-state index is 0.0174. The van der Waals surface area contributed by atoms with Gasteiger partial charge in [-0.3, -0.25) is 4.57 Å². The van der Waals surface area contributed by atoms with Crippen molar-refractivity contribution in [3.05, 3.63) is 28.7 Å². The van der Waals surface area contributed by atoms with Crippen molar-refractivity contribution in [2.45, 2.75) is 30.8 Å². The zero-order chi connectivity index (χ0) is 15.8. The fraction of sp³-hybridized carbons (Fsp3) is 0.462. The Bertz CT molecular complexity index is 817. The van der Waals surface area contributed by atoms with Crippen LogP contribution < -0.4 is 10.5 Å². The first kappa shape index (κ1) is 15.7. The van der Waals surface area contributed by atoms with E-state index in [4.69, 9.17) is 4.42 Å². The summed E-state index contributed by atoms with van der Waals surface area (Å²) in [5, 5.41) is 9.85. The van der Waals surface area contributed by atoms with Crippen LogP contribution in [0.1, 0.15) is 20.3 Å². The predicted octanol–water partition coefficient (Wildman–Crippen LogP) is 0.571. The maximum absolute atomic E-state index is 12.2. The third kappa shape index (κ3) is 3.17. The first-order valence-electron chi connectivity index (χ1n) is 6.48. The molecule has 2 rings (SSSR count). The lowest BCUT2D eigenvalue weighted by Crippen LogP contribution is -2.40. The van der Waals surface area contributed by atoms with Gasteiger partial charge in [-0.25, -0.2) is 17.9 Å². The molecule has 0 amide bonds. The Hall–Kier alpha value is -1.64. The summed E-state index contributed by atoms with van der Waals surface area (Å²) in [7, 11) is -2.24. The molecular formula is C13H18N2O5S. The van der Waals surface area contributed by atoms with Gasteiger partial charge in [0.1, 0.15) is 0 Å². The molecule has 0 spiro atoms. The molecule has 0 radical (unpaired) electrons. The van der Waals surface area contributed by atoms with Crippen LogP contribution in [-0.4, -0.2) is 30.2 Å². The van der Waals surface area contributed by atoms with Crippen LogP contribution in [0.15, 0.2) is 32.3 Å². The first-order valence-corrected chi connectivity index (χ1v) is 7.96. The molecule has 0 aliphatic rings. The second-order valence-electron chi connectivity index (χ2n) is 5.23. The molecule has 8 heteroatoms. The standard InChI is InChI=1S/C13H18N2O5S/c1-4-13(2,17)8-14-21(18,19)9-5-6-10-11(7-9)20-12(16)15(10)3/h5-7,14,17H,4,8H2,1-3H3. The molecule has 0 aliphatic carbocycles. The van der Waals surface area contributed by atoms with Crippen LogP contribution >= 0.6 is 0 Å². The van der Waals surface area contributed by atoms with Crippen molar-refractivity contribution in [1.82, 2.24) is 9.29 Å². The van der Waals surface area contributed by atoms with Crippen LogP contribution in [0.4, 0.5) is 0 Å². The summed E-state index contributed by atoms with van der Waals surface area (Å²) in [4.78, 5) is 11.4. The van der Waals surface area contributed by atoms with Crippen LogP contribution in [0.3, 0.4) is 0 Å². The van der Waals surface area contributed by atoms with E-state index in [1.807, 2.05) is 0 Å². The molecule has 1 heterocycles. The molecule has 2 N–H and O–H groups in total. The highest BCUT2D eigenvalue weighted by molar-refractivity contribution is 7.89. The molecule has 1 aromatic heterocycles. The number of fused-ring (bicyclic) bond motifs is 1. The van der Waals surface area contributed by atoms with E-state index < -0.39 is 21.4 Å². The van der Waals surface area contributed by atoms with E-state index in [0.29, 0.717) is 11.9 Å². The van der Waals surface area contributed by atoms with Gasteiger partial charge >= 0.3 is 5.76 Å². The van der Waals surface area contributed by atoms with Gasteiger partial charge in [-0.05, 0) is 25.5 Å². The number of sulfonamides is 1. The van der Waals surface area contributed by atoms with E-state index >= 15 is 0 Å². The molecule has 116 valence electrons. The van der Waals surface area contributed by atoms with Crippen molar-refractivity contribution < 1.29 is 17.9 Å². The van der Waals surface area contributed by atoms with Crippen molar-refractivity contribution >= 4 is 21.1 Å². The summed E-state index contributed by atoms with van der Waals surface area (Å²) in [6.07, 6.45) is 0.419. The Kier molecular flexibility index (Phi) is 3.96. The second-order valence-corrected chi connectivity index (χ2v) is 7.00. The largest absolute Gasteiger partial charge is 0.419 e. The highest BCUT2D eigenvalue weighted by atomic mass is 32.2. The van der Waals surface area contributed by atoms with E-state index in [2.05, 4.69) is 4.72 Å². The van der Waals surface area contributed by atoms with E-state index in [9.17, 15) is 18.3 Å². The van der Waals surface area contributed by atoms with Gasteiger partial charge in [0, 0.05) is 19.7 Å². The Labute approximate surface area is 122 Å². The van der Waals surface area contributed by atoms with Crippen LogP contribution in [0, 0.1) is 0 Å². The molecular weight excluding hydrogens is 296 g/mol. The average Bonchev–Trinajstić information content (AvgIpc) is 2.72. The topological polar surface area (TPSA) is 102 Å². The number of hydrogen-bond donors (Lipinski definition) is 2. The van der Waals surface area contributed by atoms with Crippen LogP contribution in [-0.2, 0) is 17.1 Å². The molecule has 0 saturated heterocycles. The van der Waals surface area contributed by atoms with Crippen LogP contribution in [0.25, 0.3) is 11.1 Å². The lowest BCUT2D eigenvalue weighted by molar-refractivity contribution is 0.0613. The number of nitrogens with one attached hydrogen (secondary N) is 1. The van der Waals surface area contributed by atoms with Crippen molar-refractivity contribution in [1.29, 1.82) is 0 Å². The lowest BCUT2D eigenvalue weighted by atomic mass is 10.1. The number of aliphatic hydroxyl groups is 1. The lowest BCUT2D eigenvalue weighted by Gasteiger charge is -2.21. The van der Waals surface area contributed by atoms with E-state index in [1.165, 1.54) is 22.8 Å². The molecule has 2 aromatic rings. The zero-order valence-electron chi connectivity index (χ0n) is 12.1. The van der Waals surface area contributed by atoms with Crippen molar-refractivity contribution in [2.75, 3.05) is 6.54 Å². The quantitative estimate of drug-likeness (QED) is 0.840. The molecule has 0 aliphatic heterocycles. The number of nitrogens with zero attached hydrogens (tertiary/aromatic N) is 1.